The summed E-state index contributed by atoms with van der Waals surface area (Å²) >= 11 is 1.23. The van der Waals surface area contributed by atoms with Gasteiger partial charge in [-0.05, 0) is 18.2 Å². The standard InChI is InChI=1S/C20H21N5O3S/c1-27-16-8-4-3-7-14(16)19-23-24-20(25(19)21)29-12-18(26)22-15-10-11-28-17-9-5-2-6-13(15)17/h2-9,15H,10-12,21H2,1H3,(H,22,26). The maximum absolute atomic E-state index is 12.5. The minimum atomic E-state index is -0.0986. The third-order valence-electron chi connectivity index (χ3n) is 4.64. The summed E-state index contributed by atoms with van der Waals surface area (Å²) in [6, 6.07) is 15.1. The number of ether oxygens (including phenoxy) is 2. The van der Waals surface area contributed by atoms with E-state index >= 15 is 0 Å². The van der Waals surface area contributed by atoms with Crippen LogP contribution < -0.4 is 20.6 Å². The van der Waals surface area contributed by atoms with Gasteiger partial charge in [-0.1, -0.05) is 42.1 Å². The van der Waals surface area contributed by atoms with Crippen molar-refractivity contribution in [3.8, 4) is 22.9 Å². The zero-order valence-electron chi connectivity index (χ0n) is 15.9. The lowest BCUT2D eigenvalue weighted by molar-refractivity contribution is -0.119. The number of fused-ring (bicyclic) bond motifs is 1. The van der Waals surface area contributed by atoms with Crippen LogP contribution in [0.2, 0.25) is 0 Å². The third kappa shape index (κ3) is 4.00. The van der Waals surface area contributed by atoms with Crippen LogP contribution in [0.4, 0.5) is 0 Å². The first-order valence-corrected chi connectivity index (χ1v) is 10.1. The predicted molar refractivity (Wildman–Crippen MR) is 110 cm³/mol. The van der Waals surface area contributed by atoms with Crippen LogP contribution >= 0.6 is 11.8 Å². The molecule has 0 aliphatic carbocycles. The lowest BCUT2D eigenvalue weighted by Crippen LogP contribution is -2.33. The van der Waals surface area contributed by atoms with Crippen molar-refractivity contribution in [2.45, 2.75) is 17.6 Å². The molecule has 29 heavy (non-hydrogen) atoms. The van der Waals surface area contributed by atoms with Gasteiger partial charge in [0.2, 0.25) is 11.1 Å². The molecule has 1 unspecified atom stereocenters. The van der Waals surface area contributed by atoms with Gasteiger partial charge < -0.3 is 20.6 Å². The average molecular weight is 411 g/mol. The highest BCUT2D eigenvalue weighted by molar-refractivity contribution is 7.99. The van der Waals surface area contributed by atoms with Crippen molar-refractivity contribution in [1.29, 1.82) is 0 Å². The molecule has 0 saturated heterocycles. The van der Waals surface area contributed by atoms with E-state index in [2.05, 4.69) is 15.5 Å². The molecule has 4 rings (SSSR count). The number of rotatable bonds is 6. The second kappa shape index (κ2) is 8.44. The SMILES string of the molecule is COc1ccccc1-c1nnc(SCC(=O)NC2CCOc3ccccc32)n1N. The molecule has 0 bridgehead atoms. The van der Waals surface area contributed by atoms with Crippen molar-refractivity contribution in [1.82, 2.24) is 20.2 Å². The van der Waals surface area contributed by atoms with Crippen LogP contribution in [0.3, 0.4) is 0 Å². The van der Waals surface area contributed by atoms with E-state index in [4.69, 9.17) is 15.3 Å². The van der Waals surface area contributed by atoms with Crippen molar-refractivity contribution in [2.75, 3.05) is 25.3 Å². The largest absolute Gasteiger partial charge is 0.496 e. The minimum Gasteiger partial charge on any atom is -0.496 e. The summed E-state index contributed by atoms with van der Waals surface area (Å²) in [5.74, 6) is 8.19. The van der Waals surface area contributed by atoms with E-state index in [0.717, 1.165) is 23.3 Å². The number of nitrogens with one attached hydrogen (secondary N) is 1. The van der Waals surface area contributed by atoms with Crippen molar-refractivity contribution >= 4 is 17.7 Å². The zero-order chi connectivity index (χ0) is 20.2. The molecule has 1 amide bonds. The first-order chi connectivity index (χ1) is 14.2. The number of nitrogen functional groups attached to an aromatic ring is 1. The first-order valence-electron chi connectivity index (χ1n) is 9.15. The Labute approximate surface area is 172 Å². The predicted octanol–water partition coefficient (Wildman–Crippen LogP) is 2.40. The summed E-state index contributed by atoms with van der Waals surface area (Å²) in [5.41, 5.74) is 1.73. The Morgan fingerprint density at radius 2 is 2.07 bits per heavy atom. The van der Waals surface area contributed by atoms with Gasteiger partial charge in [0.25, 0.3) is 0 Å². The molecule has 9 heteroatoms. The fourth-order valence-corrected chi connectivity index (χ4v) is 3.91. The fourth-order valence-electron chi connectivity index (χ4n) is 3.25. The van der Waals surface area contributed by atoms with Gasteiger partial charge in [0.15, 0.2) is 5.82 Å². The monoisotopic (exact) mass is 411 g/mol. The maximum atomic E-state index is 12.5. The molecular formula is C20H21N5O3S. The number of amides is 1. The smallest absolute Gasteiger partial charge is 0.230 e. The number of hydrogen-bond acceptors (Lipinski definition) is 7. The normalized spacial score (nSPS) is 15.3. The van der Waals surface area contributed by atoms with E-state index in [-0.39, 0.29) is 17.7 Å². The Morgan fingerprint density at radius 3 is 2.93 bits per heavy atom. The topological polar surface area (TPSA) is 104 Å². The molecule has 0 radical (unpaired) electrons. The Kier molecular flexibility index (Phi) is 5.57. The van der Waals surface area contributed by atoms with Gasteiger partial charge in [0, 0.05) is 12.0 Å². The van der Waals surface area contributed by atoms with Gasteiger partial charge in [-0.3, -0.25) is 4.79 Å². The van der Waals surface area contributed by atoms with Crippen molar-refractivity contribution in [2.24, 2.45) is 0 Å². The molecule has 1 aliphatic heterocycles. The second-order valence-corrected chi connectivity index (χ2v) is 7.40. The molecule has 3 aromatic rings. The number of para-hydroxylation sites is 2. The molecule has 0 fully saturated rings. The van der Waals surface area contributed by atoms with E-state index in [0.29, 0.717) is 23.3 Å². The second-order valence-electron chi connectivity index (χ2n) is 6.46. The lowest BCUT2D eigenvalue weighted by Gasteiger charge is -2.26. The summed E-state index contributed by atoms with van der Waals surface area (Å²) in [5, 5.41) is 11.8. The fraction of sp³-hybridized carbons (Fsp3) is 0.250. The van der Waals surface area contributed by atoms with Gasteiger partial charge >= 0.3 is 0 Å². The van der Waals surface area contributed by atoms with Gasteiger partial charge in [0.1, 0.15) is 11.5 Å². The molecule has 1 atom stereocenters. The van der Waals surface area contributed by atoms with Gasteiger partial charge in [-0.2, -0.15) is 0 Å². The van der Waals surface area contributed by atoms with Crippen LogP contribution in [0.5, 0.6) is 11.5 Å². The van der Waals surface area contributed by atoms with Crippen LogP contribution in [0.15, 0.2) is 53.7 Å². The molecule has 1 aromatic heterocycles. The van der Waals surface area contributed by atoms with E-state index in [9.17, 15) is 4.79 Å². The quantitative estimate of drug-likeness (QED) is 0.474. The molecule has 150 valence electrons. The number of carbonyl (C=O) groups excluding carboxylic acids is 1. The minimum absolute atomic E-state index is 0.0621. The van der Waals surface area contributed by atoms with E-state index < -0.39 is 0 Å². The Bertz CT molecular complexity index is 1020. The molecule has 2 heterocycles. The summed E-state index contributed by atoms with van der Waals surface area (Å²) in [6.07, 6.45) is 0.735. The zero-order valence-corrected chi connectivity index (χ0v) is 16.7. The lowest BCUT2D eigenvalue weighted by atomic mass is 10.0. The van der Waals surface area contributed by atoms with Gasteiger partial charge in [0.05, 0.1) is 31.1 Å². The highest BCUT2D eigenvalue weighted by Gasteiger charge is 2.23. The molecule has 1 aliphatic rings. The molecule has 0 spiro atoms. The van der Waals surface area contributed by atoms with Crippen LogP contribution in [-0.4, -0.2) is 40.3 Å². The Morgan fingerprint density at radius 1 is 1.28 bits per heavy atom. The number of nitrogens with two attached hydrogens (primary N) is 1. The number of carbonyl (C=O) groups is 1. The Balaban J connectivity index is 1.41. The number of nitrogens with zero attached hydrogens (tertiary/aromatic N) is 3. The number of methoxy groups -OCH3 is 1. The molecular weight excluding hydrogens is 390 g/mol. The van der Waals surface area contributed by atoms with Crippen LogP contribution in [0.25, 0.3) is 11.4 Å². The van der Waals surface area contributed by atoms with Crippen LogP contribution in [-0.2, 0) is 4.79 Å². The van der Waals surface area contributed by atoms with Crippen molar-refractivity contribution in [3.63, 3.8) is 0 Å². The molecule has 3 N–H and O–H groups in total. The number of thioether (sulfide) groups is 1. The summed E-state index contributed by atoms with van der Waals surface area (Å²) < 4.78 is 12.4. The third-order valence-corrected chi connectivity index (χ3v) is 5.58. The molecule has 2 aromatic carbocycles. The van der Waals surface area contributed by atoms with Gasteiger partial charge in [-0.15, -0.1) is 10.2 Å². The van der Waals surface area contributed by atoms with E-state index in [1.54, 1.807) is 7.11 Å². The summed E-state index contributed by atoms with van der Waals surface area (Å²) in [7, 11) is 1.59. The van der Waals surface area contributed by atoms with Crippen molar-refractivity contribution < 1.29 is 14.3 Å². The average Bonchev–Trinajstić information content (AvgIpc) is 3.12. The highest BCUT2D eigenvalue weighted by atomic mass is 32.2. The Hall–Kier alpha value is -3.20. The number of hydrogen-bond donors (Lipinski definition) is 2. The highest BCUT2D eigenvalue weighted by Crippen LogP contribution is 2.32. The maximum Gasteiger partial charge on any atom is 0.230 e. The van der Waals surface area contributed by atoms with Crippen molar-refractivity contribution in [3.05, 3.63) is 54.1 Å². The molecule has 0 saturated carbocycles. The first kappa shape index (κ1) is 19.1. The van der Waals surface area contributed by atoms with Gasteiger partial charge in [-0.25, -0.2) is 4.68 Å². The molecule has 8 nitrogen and oxygen atoms in total. The van der Waals surface area contributed by atoms with Crippen LogP contribution in [0.1, 0.15) is 18.0 Å². The summed E-state index contributed by atoms with van der Waals surface area (Å²) in [6.45, 7) is 0.578. The number of benzene rings is 2. The van der Waals surface area contributed by atoms with E-state index in [1.165, 1.54) is 16.4 Å². The summed E-state index contributed by atoms with van der Waals surface area (Å²) in [4.78, 5) is 12.5. The van der Waals surface area contributed by atoms with Crippen LogP contribution in [0, 0.1) is 0 Å². The van der Waals surface area contributed by atoms with E-state index in [1.807, 2.05) is 48.5 Å². The number of aromatic nitrogens is 3.